The molecule has 0 aliphatic carbocycles. The first-order chi connectivity index (χ1) is 13.9. The van der Waals surface area contributed by atoms with Crippen LogP contribution in [0.2, 0.25) is 10.3 Å². The van der Waals surface area contributed by atoms with Crippen molar-refractivity contribution >= 4 is 52.7 Å². The van der Waals surface area contributed by atoms with E-state index < -0.39 is 23.3 Å². The molecule has 1 aromatic carbocycles. The molecule has 0 radical (unpaired) electrons. The number of esters is 1. The maximum Gasteiger partial charge on any atom is 0.323 e. The highest BCUT2D eigenvalue weighted by Gasteiger charge is 2.54. The van der Waals surface area contributed by atoms with Gasteiger partial charge in [-0.25, -0.2) is 4.98 Å². The molecule has 9 heteroatoms. The van der Waals surface area contributed by atoms with Crippen LogP contribution in [0, 0.1) is 5.41 Å². The monoisotopic (exact) mass is 451 g/mol. The molecule has 29 heavy (non-hydrogen) atoms. The number of benzene rings is 1. The largest absolute Gasteiger partial charge is 0.468 e. The number of halogens is 2. The molecule has 0 fully saturated rings. The summed E-state index contributed by atoms with van der Waals surface area (Å²) in [6.07, 6.45) is 0.250. The lowest BCUT2D eigenvalue weighted by Gasteiger charge is -2.37. The van der Waals surface area contributed by atoms with Gasteiger partial charge in [0.15, 0.2) is 5.41 Å². The molecule has 3 rings (SSSR count). The van der Waals surface area contributed by atoms with Gasteiger partial charge >= 0.3 is 5.97 Å². The minimum Gasteiger partial charge on any atom is -0.468 e. The van der Waals surface area contributed by atoms with Gasteiger partial charge in [0.05, 0.1) is 13.2 Å². The van der Waals surface area contributed by atoms with Crippen LogP contribution in [-0.2, 0) is 14.3 Å². The third-order valence-corrected chi connectivity index (χ3v) is 6.26. The highest BCUT2D eigenvalue weighted by atomic mass is 35.5. The lowest BCUT2D eigenvalue weighted by Crippen LogP contribution is -2.59. The maximum absolute atomic E-state index is 13.1. The second-order valence-electron chi connectivity index (χ2n) is 6.39. The van der Waals surface area contributed by atoms with E-state index in [9.17, 15) is 9.59 Å². The molecule has 0 saturated heterocycles. The molecule has 1 N–H and O–H groups in total. The number of methoxy groups -OCH3 is 1. The molecule has 2 aromatic rings. The van der Waals surface area contributed by atoms with Gasteiger partial charge in [-0.2, -0.15) is 0 Å². The summed E-state index contributed by atoms with van der Waals surface area (Å²) in [5.74, 6) is -0.353. The maximum atomic E-state index is 13.1. The number of ether oxygens (including phenoxy) is 1. The standard InChI is InChI=1S/C20H19Cl2N3O3S/c1-3-20(19(27)28-2)14(11-29-13-7-5-4-6-8-13)23-17(25-18(20)26)12-9-15(21)24-16(22)10-12/h4-10,14H,3,11H2,1-2H3,(H,23,25,26). The number of amides is 1. The number of carbonyl (C=O) groups excluding carboxylic acids is 2. The number of nitrogens with zero attached hydrogens (tertiary/aromatic N) is 2. The van der Waals surface area contributed by atoms with Crippen LogP contribution >= 0.6 is 35.0 Å². The first kappa shape index (κ1) is 21.6. The molecule has 0 spiro atoms. The molecule has 0 bridgehead atoms. The van der Waals surface area contributed by atoms with Crippen LogP contribution in [0.4, 0.5) is 0 Å². The average molecular weight is 452 g/mol. The Morgan fingerprint density at radius 2 is 1.90 bits per heavy atom. The van der Waals surface area contributed by atoms with Gasteiger partial charge in [-0.05, 0) is 30.7 Å². The Morgan fingerprint density at radius 3 is 2.48 bits per heavy atom. The van der Waals surface area contributed by atoms with E-state index in [4.69, 9.17) is 32.9 Å². The zero-order valence-corrected chi connectivity index (χ0v) is 18.1. The second-order valence-corrected chi connectivity index (χ2v) is 8.26. The van der Waals surface area contributed by atoms with Crippen molar-refractivity contribution in [3.8, 4) is 0 Å². The molecule has 1 aliphatic heterocycles. The van der Waals surface area contributed by atoms with Crippen LogP contribution in [0.1, 0.15) is 18.9 Å². The lowest BCUT2D eigenvalue weighted by molar-refractivity contribution is -0.160. The Labute approximate surface area is 183 Å². The van der Waals surface area contributed by atoms with Gasteiger partial charge in [0.1, 0.15) is 16.1 Å². The zero-order valence-electron chi connectivity index (χ0n) is 15.8. The number of amidine groups is 1. The fraction of sp³-hybridized carbons (Fsp3) is 0.300. The summed E-state index contributed by atoms with van der Waals surface area (Å²) in [5, 5.41) is 3.09. The van der Waals surface area contributed by atoms with E-state index in [0.29, 0.717) is 17.2 Å². The van der Waals surface area contributed by atoms with Crippen molar-refractivity contribution in [1.82, 2.24) is 10.3 Å². The fourth-order valence-corrected chi connectivity index (χ4v) is 4.76. The van der Waals surface area contributed by atoms with Gasteiger partial charge in [-0.15, -0.1) is 11.8 Å². The Bertz CT molecular complexity index is 935. The number of nitrogens with one attached hydrogen (secondary N) is 1. The third kappa shape index (κ3) is 4.42. The van der Waals surface area contributed by atoms with Gasteiger partial charge in [-0.3, -0.25) is 14.6 Å². The number of hydrogen-bond donors (Lipinski definition) is 1. The quantitative estimate of drug-likeness (QED) is 0.310. The van der Waals surface area contributed by atoms with Gasteiger partial charge < -0.3 is 10.1 Å². The highest BCUT2D eigenvalue weighted by Crippen LogP contribution is 2.37. The Kier molecular flexibility index (Phi) is 6.82. The van der Waals surface area contributed by atoms with Crippen molar-refractivity contribution in [2.45, 2.75) is 24.3 Å². The van der Waals surface area contributed by atoms with Crippen LogP contribution < -0.4 is 5.32 Å². The summed E-state index contributed by atoms with van der Waals surface area (Å²) >= 11 is 13.5. The van der Waals surface area contributed by atoms with Crippen molar-refractivity contribution in [2.24, 2.45) is 10.4 Å². The fourth-order valence-electron chi connectivity index (χ4n) is 3.24. The average Bonchev–Trinajstić information content (AvgIpc) is 2.71. The van der Waals surface area contributed by atoms with Crippen molar-refractivity contribution in [3.63, 3.8) is 0 Å². The second kappa shape index (κ2) is 9.15. The van der Waals surface area contributed by atoms with E-state index in [0.717, 1.165) is 4.90 Å². The number of carbonyl (C=O) groups is 2. The van der Waals surface area contributed by atoms with Gasteiger partial charge in [-0.1, -0.05) is 48.3 Å². The summed E-state index contributed by atoms with van der Waals surface area (Å²) in [7, 11) is 1.27. The van der Waals surface area contributed by atoms with E-state index in [1.165, 1.54) is 18.9 Å². The molecular formula is C20H19Cl2N3O3S. The minimum atomic E-state index is -1.42. The smallest absolute Gasteiger partial charge is 0.323 e. The Morgan fingerprint density at radius 1 is 1.24 bits per heavy atom. The molecule has 0 saturated carbocycles. The number of rotatable bonds is 6. The minimum absolute atomic E-state index is 0.181. The topological polar surface area (TPSA) is 80.7 Å². The lowest BCUT2D eigenvalue weighted by atomic mass is 9.76. The van der Waals surface area contributed by atoms with E-state index in [2.05, 4.69) is 10.3 Å². The first-order valence-electron chi connectivity index (χ1n) is 8.89. The van der Waals surface area contributed by atoms with Crippen molar-refractivity contribution < 1.29 is 14.3 Å². The van der Waals surface area contributed by atoms with E-state index in [1.54, 1.807) is 19.1 Å². The van der Waals surface area contributed by atoms with Crippen LogP contribution in [0.3, 0.4) is 0 Å². The van der Waals surface area contributed by atoms with Gasteiger partial charge in [0.25, 0.3) is 0 Å². The molecule has 2 unspecified atom stereocenters. The molecular weight excluding hydrogens is 433 g/mol. The Balaban J connectivity index is 2.03. The van der Waals surface area contributed by atoms with Crippen LogP contribution in [0.5, 0.6) is 0 Å². The van der Waals surface area contributed by atoms with E-state index >= 15 is 0 Å². The highest BCUT2D eigenvalue weighted by molar-refractivity contribution is 7.99. The third-order valence-electron chi connectivity index (χ3n) is 4.79. The van der Waals surface area contributed by atoms with Gasteiger partial charge in [0.2, 0.25) is 5.91 Å². The molecule has 2 heterocycles. The molecule has 6 nitrogen and oxygen atoms in total. The number of thioether (sulfide) groups is 1. The van der Waals surface area contributed by atoms with Crippen molar-refractivity contribution in [1.29, 1.82) is 0 Å². The summed E-state index contributed by atoms with van der Waals surface area (Å²) in [6, 6.07) is 12.2. The Hall–Kier alpha value is -2.09. The molecule has 1 aliphatic rings. The van der Waals surface area contributed by atoms with Crippen molar-refractivity contribution in [2.75, 3.05) is 12.9 Å². The SMILES string of the molecule is CCC1(C(=O)OC)C(=O)NC(c2cc(Cl)nc(Cl)c2)=NC1CSc1ccccc1. The first-order valence-corrected chi connectivity index (χ1v) is 10.6. The predicted octanol–water partition coefficient (Wildman–Crippen LogP) is 4.00. The summed E-state index contributed by atoms with van der Waals surface area (Å²) < 4.78 is 4.99. The molecule has 1 aromatic heterocycles. The number of aromatic nitrogens is 1. The summed E-state index contributed by atoms with van der Waals surface area (Å²) in [6.45, 7) is 1.78. The van der Waals surface area contributed by atoms with E-state index in [-0.39, 0.29) is 16.7 Å². The summed E-state index contributed by atoms with van der Waals surface area (Å²) in [5.41, 5.74) is -0.895. The number of pyridine rings is 1. The summed E-state index contributed by atoms with van der Waals surface area (Å²) in [4.78, 5) is 35.5. The van der Waals surface area contributed by atoms with E-state index in [1.807, 2.05) is 30.3 Å². The predicted molar refractivity (Wildman–Crippen MR) is 115 cm³/mol. The molecule has 152 valence electrons. The van der Waals surface area contributed by atoms with Crippen LogP contribution in [-0.4, -0.2) is 41.6 Å². The van der Waals surface area contributed by atoms with Crippen LogP contribution in [0.15, 0.2) is 52.4 Å². The van der Waals surface area contributed by atoms with Crippen molar-refractivity contribution in [3.05, 3.63) is 58.3 Å². The number of aliphatic imine (C=N–C) groups is 1. The van der Waals surface area contributed by atoms with Gasteiger partial charge in [0, 0.05) is 16.2 Å². The molecule has 2 atom stereocenters. The molecule has 1 amide bonds. The van der Waals surface area contributed by atoms with Crippen LogP contribution in [0.25, 0.3) is 0 Å². The number of hydrogen-bond acceptors (Lipinski definition) is 6. The zero-order chi connectivity index (χ0) is 21.0. The normalized spacial score (nSPS) is 21.3.